The van der Waals surface area contributed by atoms with E-state index in [0.717, 1.165) is 6.54 Å². The van der Waals surface area contributed by atoms with Crippen LogP contribution in [0, 0.1) is 11.7 Å². The molecule has 1 saturated carbocycles. The Balaban J connectivity index is 2.14. The summed E-state index contributed by atoms with van der Waals surface area (Å²) in [6, 6.07) is 4.17. The zero-order chi connectivity index (χ0) is 11.7. The van der Waals surface area contributed by atoms with Crippen molar-refractivity contribution in [3.05, 3.63) is 34.1 Å². The molecule has 4 heteroatoms. The Morgan fingerprint density at radius 2 is 2.25 bits per heavy atom. The molecule has 0 aromatic heterocycles. The summed E-state index contributed by atoms with van der Waals surface area (Å²) >= 11 is 3.27. The average Bonchev–Trinajstić information content (AvgIpc) is 3.04. The van der Waals surface area contributed by atoms with Crippen LogP contribution in [0.4, 0.5) is 4.39 Å². The average molecular weight is 286 g/mol. The quantitative estimate of drug-likeness (QED) is 0.836. The number of nitrogens with zero attached hydrogens (tertiary/aromatic N) is 1. The molecule has 0 N–H and O–H groups in total. The van der Waals surface area contributed by atoms with Gasteiger partial charge in [-0.05, 0) is 52.9 Å². The molecule has 0 atom stereocenters. The third-order valence-corrected chi connectivity index (χ3v) is 3.43. The summed E-state index contributed by atoms with van der Waals surface area (Å²) < 4.78 is 13.7. The van der Waals surface area contributed by atoms with E-state index in [-0.39, 0.29) is 11.7 Å². The number of hydrogen-bond acceptors (Lipinski definition) is 1. The minimum atomic E-state index is -0.383. The van der Waals surface area contributed by atoms with E-state index in [4.69, 9.17) is 0 Å². The summed E-state index contributed by atoms with van der Waals surface area (Å²) in [6.07, 6.45) is 2.39. The Hall–Kier alpha value is -0.900. The zero-order valence-electron chi connectivity index (χ0n) is 9.04. The van der Waals surface area contributed by atoms with Gasteiger partial charge in [0.1, 0.15) is 5.82 Å². The Morgan fingerprint density at radius 3 is 2.88 bits per heavy atom. The Morgan fingerprint density at radius 1 is 1.56 bits per heavy atom. The van der Waals surface area contributed by atoms with E-state index in [2.05, 4.69) is 15.9 Å². The number of hydrogen-bond donors (Lipinski definition) is 0. The molecule has 2 nitrogen and oxygen atoms in total. The molecular weight excluding hydrogens is 273 g/mol. The van der Waals surface area contributed by atoms with E-state index in [1.807, 2.05) is 0 Å². The third-order valence-electron chi connectivity index (χ3n) is 2.73. The van der Waals surface area contributed by atoms with Crippen molar-refractivity contribution in [1.82, 2.24) is 4.90 Å². The van der Waals surface area contributed by atoms with Crippen molar-refractivity contribution < 1.29 is 9.18 Å². The van der Waals surface area contributed by atoms with Gasteiger partial charge in [-0.25, -0.2) is 4.39 Å². The molecule has 0 radical (unpaired) electrons. The molecule has 0 heterocycles. The lowest BCUT2D eigenvalue weighted by Crippen LogP contribution is -2.29. The van der Waals surface area contributed by atoms with Gasteiger partial charge in [-0.2, -0.15) is 0 Å². The second-order valence-corrected chi connectivity index (χ2v) is 5.11. The van der Waals surface area contributed by atoms with Gasteiger partial charge in [-0.1, -0.05) is 0 Å². The molecule has 0 spiro atoms. The number of halogens is 2. The second kappa shape index (κ2) is 4.53. The zero-order valence-corrected chi connectivity index (χ0v) is 10.6. The molecule has 1 fully saturated rings. The first-order valence-electron chi connectivity index (χ1n) is 5.28. The van der Waals surface area contributed by atoms with Crippen molar-refractivity contribution in [1.29, 1.82) is 0 Å². The SMILES string of the molecule is CN(CC1CC1)C(=O)c1cc(F)ccc1Br. The van der Waals surface area contributed by atoms with Crippen LogP contribution in [0.2, 0.25) is 0 Å². The lowest BCUT2D eigenvalue weighted by Gasteiger charge is -2.17. The summed E-state index contributed by atoms with van der Waals surface area (Å²) in [7, 11) is 1.76. The second-order valence-electron chi connectivity index (χ2n) is 4.25. The highest BCUT2D eigenvalue weighted by Gasteiger charge is 2.26. The van der Waals surface area contributed by atoms with Gasteiger partial charge >= 0.3 is 0 Å². The van der Waals surface area contributed by atoms with E-state index in [0.29, 0.717) is 16.0 Å². The van der Waals surface area contributed by atoms with Crippen molar-refractivity contribution in [3.63, 3.8) is 0 Å². The van der Waals surface area contributed by atoms with Crippen molar-refractivity contribution >= 4 is 21.8 Å². The van der Waals surface area contributed by atoms with Crippen LogP contribution >= 0.6 is 15.9 Å². The molecule has 0 aliphatic heterocycles. The van der Waals surface area contributed by atoms with E-state index < -0.39 is 0 Å². The van der Waals surface area contributed by atoms with Crippen LogP contribution in [0.3, 0.4) is 0 Å². The van der Waals surface area contributed by atoms with E-state index >= 15 is 0 Å². The number of rotatable bonds is 3. The van der Waals surface area contributed by atoms with Crippen LogP contribution in [-0.2, 0) is 0 Å². The molecular formula is C12H13BrFNO. The molecule has 1 aliphatic carbocycles. The minimum Gasteiger partial charge on any atom is -0.341 e. The molecule has 1 aliphatic rings. The van der Waals surface area contributed by atoms with Gasteiger partial charge in [0.2, 0.25) is 0 Å². The van der Waals surface area contributed by atoms with Gasteiger partial charge in [0.25, 0.3) is 5.91 Å². The number of carbonyl (C=O) groups is 1. The molecule has 0 unspecified atom stereocenters. The van der Waals surface area contributed by atoms with Gasteiger partial charge in [-0.15, -0.1) is 0 Å². The fourth-order valence-corrected chi connectivity index (χ4v) is 2.05. The third kappa shape index (κ3) is 2.61. The fraction of sp³-hybridized carbons (Fsp3) is 0.417. The van der Waals surface area contributed by atoms with E-state index in [1.54, 1.807) is 18.0 Å². The van der Waals surface area contributed by atoms with Crippen LogP contribution < -0.4 is 0 Å². The summed E-state index contributed by atoms with van der Waals surface area (Å²) in [6.45, 7) is 0.766. The van der Waals surface area contributed by atoms with Crippen LogP contribution in [0.15, 0.2) is 22.7 Å². The first-order valence-corrected chi connectivity index (χ1v) is 6.07. The smallest absolute Gasteiger partial charge is 0.254 e. The van der Waals surface area contributed by atoms with Gasteiger partial charge < -0.3 is 4.90 Å². The maximum absolute atomic E-state index is 13.1. The Kier molecular flexibility index (Phi) is 3.28. The number of benzene rings is 1. The Labute approximate surface area is 103 Å². The topological polar surface area (TPSA) is 20.3 Å². The highest BCUT2D eigenvalue weighted by atomic mass is 79.9. The van der Waals surface area contributed by atoms with Crippen LogP contribution in [0.25, 0.3) is 0 Å². The van der Waals surface area contributed by atoms with Gasteiger partial charge in [0.05, 0.1) is 5.56 Å². The number of amides is 1. The van der Waals surface area contributed by atoms with Gasteiger partial charge in [0.15, 0.2) is 0 Å². The van der Waals surface area contributed by atoms with Crippen molar-refractivity contribution in [2.45, 2.75) is 12.8 Å². The molecule has 1 amide bonds. The molecule has 86 valence electrons. The predicted octanol–water partition coefficient (Wildman–Crippen LogP) is 3.07. The standard InChI is InChI=1S/C12H13BrFNO/c1-15(7-8-2-3-8)12(16)10-6-9(14)4-5-11(10)13/h4-6,8H,2-3,7H2,1H3. The fourth-order valence-electron chi connectivity index (χ4n) is 1.64. The maximum Gasteiger partial charge on any atom is 0.254 e. The van der Waals surface area contributed by atoms with Crippen LogP contribution in [-0.4, -0.2) is 24.4 Å². The van der Waals surface area contributed by atoms with Crippen LogP contribution in [0.1, 0.15) is 23.2 Å². The summed E-state index contributed by atoms with van der Waals surface area (Å²) in [5.41, 5.74) is 0.392. The van der Waals surface area contributed by atoms with Crippen molar-refractivity contribution in [3.8, 4) is 0 Å². The highest BCUT2D eigenvalue weighted by molar-refractivity contribution is 9.10. The molecule has 2 rings (SSSR count). The summed E-state index contributed by atoms with van der Waals surface area (Å²) in [4.78, 5) is 13.7. The summed E-state index contributed by atoms with van der Waals surface area (Å²) in [5, 5.41) is 0. The highest BCUT2D eigenvalue weighted by Crippen LogP contribution is 2.30. The maximum atomic E-state index is 13.1. The minimum absolute atomic E-state index is 0.127. The molecule has 16 heavy (non-hydrogen) atoms. The van der Waals surface area contributed by atoms with E-state index in [1.165, 1.54) is 25.0 Å². The monoisotopic (exact) mass is 285 g/mol. The lowest BCUT2D eigenvalue weighted by atomic mass is 10.2. The van der Waals surface area contributed by atoms with E-state index in [9.17, 15) is 9.18 Å². The molecule has 0 bridgehead atoms. The first kappa shape index (κ1) is 11.6. The normalized spacial score (nSPS) is 14.9. The predicted molar refractivity (Wildman–Crippen MR) is 63.8 cm³/mol. The summed E-state index contributed by atoms with van der Waals surface area (Å²) in [5.74, 6) is 0.130. The Bertz CT molecular complexity index is 417. The van der Waals surface area contributed by atoms with Crippen molar-refractivity contribution in [2.75, 3.05) is 13.6 Å². The van der Waals surface area contributed by atoms with Gasteiger partial charge in [0, 0.05) is 18.1 Å². The largest absolute Gasteiger partial charge is 0.341 e. The molecule has 0 saturated heterocycles. The lowest BCUT2D eigenvalue weighted by molar-refractivity contribution is 0.0787. The van der Waals surface area contributed by atoms with Crippen molar-refractivity contribution in [2.24, 2.45) is 5.92 Å². The molecule has 1 aromatic rings. The molecule has 1 aromatic carbocycles. The first-order chi connectivity index (χ1) is 7.58. The van der Waals surface area contributed by atoms with Crippen LogP contribution in [0.5, 0.6) is 0 Å². The number of carbonyl (C=O) groups excluding carboxylic acids is 1. The van der Waals surface area contributed by atoms with Gasteiger partial charge in [-0.3, -0.25) is 4.79 Å².